The summed E-state index contributed by atoms with van der Waals surface area (Å²) < 4.78 is 0. The third-order valence-corrected chi connectivity index (χ3v) is 4.29. The normalized spacial score (nSPS) is 10.4. The highest BCUT2D eigenvalue weighted by Gasteiger charge is 2.06. The maximum atomic E-state index is 12.1. The zero-order chi connectivity index (χ0) is 15.4. The number of nitrogens with one attached hydrogen (secondary N) is 1. The highest BCUT2D eigenvalue weighted by Crippen LogP contribution is 2.24. The van der Waals surface area contributed by atoms with E-state index in [-0.39, 0.29) is 5.91 Å². The van der Waals surface area contributed by atoms with Crippen molar-refractivity contribution in [3.63, 3.8) is 0 Å². The molecule has 1 heterocycles. The number of nitrogens with zero attached hydrogens (tertiary/aromatic N) is 1. The molecule has 0 radical (unpaired) electrons. The number of aryl methyl sites for hydroxylation is 1. The topological polar surface area (TPSA) is 42.0 Å². The average molecular weight is 308 g/mol. The third-order valence-electron chi connectivity index (χ3n) is 3.28. The van der Waals surface area contributed by atoms with E-state index in [1.807, 2.05) is 60.8 Å². The molecule has 110 valence electrons. The minimum Gasteiger partial charge on any atom is -0.348 e. The first-order valence-corrected chi connectivity index (χ1v) is 7.95. The van der Waals surface area contributed by atoms with E-state index in [9.17, 15) is 4.79 Å². The molecule has 1 aromatic heterocycles. The molecular weight excluding hydrogens is 292 g/mol. The van der Waals surface area contributed by atoms with Gasteiger partial charge in [0.2, 0.25) is 0 Å². The first kappa shape index (κ1) is 14.5. The lowest BCUT2D eigenvalue weighted by atomic mass is 10.1. The molecular formula is C18H16N2OS. The Morgan fingerprint density at radius 2 is 1.95 bits per heavy atom. The lowest BCUT2D eigenvalue weighted by Gasteiger charge is -2.06. The number of benzene rings is 2. The molecule has 0 spiro atoms. The summed E-state index contributed by atoms with van der Waals surface area (Å²) in [7, 11) is 0. The summed E-state index contributed by atoms with van der Waals surface area (Å²) in [5.74, 6) is -0.0592. The number of hydrogen-bond acceptors (Lipinski definition) is 3. The number of rotatable bonds is 4. The fraction of sp³-hybridized carbons (Fsp3) is 0.111. The van der Waals surface area contributed by atoms with Crippen LogP contribution in [0.5, 0.6) is 0 Å². The molecule has 2 aromatic carbocycles. The standard InChI is InChI=1S/C18H16N2OS/c1-13-12-22-18(20-13)16-9-5-6-14(10-16)11-19-17(21)15-7-3-2-4-8-15/h2-10,12H,11H2,1H3,(H,19,21). The zero-order valence-corrected chi connectivity index (χ0v) is 13.1. The molecule has 3 nitrogen and oxygen atoms in total. The Kier molecular flexibility index (Phi) is 4.30. The highest BCUT2D eigenvalue weighted by molar-refractivity contribution is 7.13. The second kappa shape index (κ2) is 6.54. The van der Waals surface area contributed by atoms with Gasteiger partial charge < -0.3 is 5.32 Å². The number of thiazole rings is 1. The summed E-state index contributed by atoms with van der Waals surface area (Å²) in [5, 5.41) is 5.99. The molecule has 3 rings (SSSR count). The van der Waals surface area contributed by atoms with Crippen LogP contribution in [0, 0.1) is 6.92 Å². The van der Waals surface area contributed by atoms with E-state index < -0.39 is 0 Å². The second-order valence-corrected chi connectivity index (χ2v) is 5.90. The average Bonchev–Trinajstić information content (AvgIpc) is 3.00. The van der Waals surface area contributed by atoms with Gasteiger partial charge >= 0.3 is 0 Å². The molecule has 0 aliphatic heterocycles. The van der Waals surface area contributed by atoms with Crippen LogP contribution < -0.4 is 5.32 Å². The molecule has 0 fully saturated rings. The SMILES string of the molecule is Cc1csc(-c2cccc(CNC(=O)c3ccccc3)c2)n1. The van der Waals surface area contributed by atoms with Gasteiger partial charge in [-0.25, -0.2) is 4.98 Å². The van der Waals surface area contributed by atoms with Crippen molar-refractivity contribution in [2.45, 2.75) is 13.5 Å². The lowest BCUT2D eigenvalue weighted by molar-refractivity contribution is 0.0951. The number of aromatic nitrogens is 1. The Bertz CT molecular complexity index is 781. The lowest BCUT2D eigenvalue weighted by Crippen LogP contribution is -2.22. The van der Waals surface area contributed by atoms with Gasteiger partial charge in [-0.2, -0.15) is 0 Å². The van der Waals surface area contributed by atoms with Gasteiger partial charge in [-0.1, -0.05) is 36.4 Å². The molecule has 4 heteroatoms. The van der Waals surface area contributed by atoms with E-state index in [2.05, 4.69) is 16.4 Å². The number of carbonyl (C=O) groups is 1. The minimum absolute atomic E-state index is 0.0592. The van der Waals surface area contributed by atoms with Crippen molar-refractivity contribution in [1.29, 1.82) is 0 Å². The van der Waals surface area contributed by atoms with Gasteiger partial charge in [0.1, 0.15) is 5.01 Å². The maximum absolute atomic E-state index is 12.1. The van der Waals surface area contributed by atoms with Crippen LogP contribution in [-0.4, -0.2) is 10.9 Å². The van der Waals surface area contributed by atoms with Crippen LogP contribution in [0.4, 0.5) is 0 Å². The first-order valence-electron chi connectivity index (χ1n) is 7.07. The predicted octanol–water partition coefficient (Wildman–Crippen LogP) is 4.05. The van der Waals surface area contributed by atoms with E-state index in [0.717, 1.165) is 21.8 Å². The summed E-state index contributed by atoms with van der Waals surface area (Å²) in [5.41, 5.74) is 3.86. The van der Waals surface area contributed by atoms with Crippen molar-refractivity contribution in [3.8, 4) is 10.6 Å². The van der Waals surface area contributed by atoms with Crippen molar-refractivity contribution in [2.75, 3.05) is 0 Å². The Morgan fingerprint density at radius 1 is 1.14 bits per heavy atom. The Morgan fingerprint density at radius 3 is 2.68 bits per heavy atom. The number of amides is 1. The molecule has 0 saturated carbocycles. The smallest absolute Gasteiger partial charge is 0.251 e. The molecule has 0 saturated heterocycles. The Hall–Kier alpha value is -2.46. The number of hydrogen-bond donors (Lipinski definition) is 1. The van der Waals surface area contributed by atoms with Crippen LogP contribution in [0.15, 0.2) is 60.0 Å². The highest BCUT2D eigenvalue weighted by atomic mass is 32.1. The summed E-state index contributed by atoms with van der Waals surface area (Å²) in [6.45, 7) is 2.50. The molecule has 0 bridgehead atoms. The van der Waals surface area contributed by atoms with Gasteiger partial charge in [0.25, 0.3) is 5.91 Å². The largest absolute Gasteiger partial charge is 0.348 e. The van der Waals surface area contributed by atoms with Crippen LogP contribution in [0.3, 0.4) is 0 Å². The van der Waals surface area contributed by atoms with E-state index in [1.54, 1.807) is 11.3 Å². The van der Waals surface area contributed by atoms with Crippen LogP contribution in [0.1, 0.15) is 21.6 Å². The molecule has 22 heavy (non-hydrogen) atoms. The summed E-state index contributed by atoms with van der Waals surface area (Å²) in [6.07, 6.45) is 0. The molecule has 0 atom stereocenters. The Balaban J connectivity index is 1.70. The second-order valence-electron chi connectivity index (χ2n) is 5.04. The van der Waals surface area contributed by atoms with Crippen LogP contribution in [0.2, 0.25) is 0 Å². The van der Waals surface area contributed by atoms with Crippen molar-refractivity contribution in [2.24, 2.45) is 0 Å². The molecule has 1 amide bonds. The van der Waals surface area contributed by atoms with Crippen molar-refractivity contribution < 1.29 is 4.79 Å². The van der Waals surface area contributed by atoms with Gasteiger partial charge in [-0.05, 0) is 30.7 Å². The Labute approximate surface area is 133 Å². The molecule has 0 aliphatic carbocycles. The van der Waals surface area contributed by atoms with Gasteiger partial charge in [0.05, 0.1) is 0 Å². The van der Waals surface area contributed by atoms with Gasteiger partial charge in [0.15, 0.2) is 0 Å². The molecule has 1 N–H and O–H groups in total. The third kappa shape index (κ3) is 3.40. The monoisotopic (exact) mass is 308 g/mol. The molecule has 0 unspecified atom stereocenters. The van der Waals surface area contributed by atoms with Crippen LogP contribution >= 0.6 is 11.3 Å². The van der Waals surface area contributed by atoms with Crippen molar-refractivity contribution >= 4 is 17.2 Å². The van der Waals surface area contributed by atoms with Crippen molar-refractivity contribution in [1.82, 2.24) is 10.3 Å². The fourth-order valence-corrected chi connectivity index (χ4v) is 2.97. The van der Waals surface area contributed by atoms with Crippen LogP contribution in [0.25, 0.3) is 10.6 Å². The quantitative estimate of drug-likeness (QED) is 0.790. The van der Waals surface area contributed by atoms with Crippen LogP contribution in [-0.2, 0) is 6.54 Å². The molecule has 3 aromatic rings. The summed E-state index contributed by atoms with van der Waals surface area (Å²) in [6, 6.07) is 17.4. The van der Waals surface area contributed by atoms with E-state index >= 15 is 0 Å². The predicted molar refractivity (Wildman–Crippen MR) is 89.9 cm³/mol. The van der Waals surface area contributed by atoms with Gasteiger partial charge in [-0.15, -0.1) is 11.3 Å². The minimum atomic E-state index is -0.0592. The maximum Gasteiger partial charge on any atom is 0.251 e. The van der Waals surface area contributed by atoms with Crippen molar-refractivity contribution in [3.05, 3.63) is 76.8 Å². The summed E-state index contributed by atoms with van der Waals surface area (Å²) in [4.78, 5) is 16.6. The van der Waals surface area contributed by atoms with E-state index in [0.29, 0.717) is 12.1 Å². The zero-order valence-electron chi connectivity index (χ0n) is 12.2. The number of carbonyl (C=O) groups excluding carboxylic acids is 1. The summed E-state index contributed by atoms with van der Waals surface area (Å²) >= 11 is 1.63. The van der Waals surface area contributed by atoms with E-state index in [1.165, 1.54) is 0 Å². The first-order chi connectivity index (χ1) is 10.7. The van der Waals surface area contributed by atoms with Gasteiger partial charge in [0, 0.05) is 28.7 Å². The van der Waals surface area contributed by atoms with Gasteiger partial charge in [-0.3, -0.25) is 4.79 Å². The van der Waals surface area contributed by atoms with E-state index in [4.69, 9.17) is 0 Å². The fourth-order valence-electron chi connectivity index (χ4n) is 2.17. The molecule has 0 aliphatic rings.